The van der Waals surface area contributed by atoms with Gasteiger partial charge in [-0.2, -0.15) is 0 Å². The Morgan fingerprint density at radius 3 is 1.77 bits per heavy atom. The Hall–Kier alpha value is -2.16. The fraction of sp³-hybridized carbons (Fsp3) is 0.692. The van der Waals surface area contributed by atoms with Crippen molar-refractivity contribution in [1.29, 1.82) is 0 Å². The van der Waals surface area contributed by atoms with Gasteiger partial charge < -0.3 is 15.7 Å². The number of β-amino-alcohol motifs (C(OH)–C–C–N with tert-alkyl or cyclic N) is 1. The van der Waals surface area contributed by atoms with E-state index in [0.29, 0.717) is 4.90 Å². The average molecular weight is 312 g/mol. The Labute approximate surface area is 127 Å². The van der Waals surface area contributed by atoms with Gasteiger partial charge in [-0.3, -0.25) is 14.5 Å². The number of imide groups is 2. The molecule has 0 bridgehead atoms. The predicted molar refractivity (Wildman–Crippen MR) is 74.4 cm³/mol. The molecule has 2 fully saturated rings. The van der Waals surface area contributed by atoms with Crippen LogP contribution in [-0.2, 0) is 9.59 Å². The number of amides is 6. The van der Waals surface area contributed by atoms with E-state index in [1.165, 1.54) is 34.6 Å². The molecule has 0 spiro atoms. The molecule has 3 N–H and O–H groups in total. The van der Waals surface area contributed by atoms with E-state index in [1.54, 1.807) is 0 Å². The summed E-state index contributed by atoms with van der Waals surface area (Å²) >= 11 is 0. The van der Waals surface area contributed by atoms with Gasteiger partial charge in [0.2, 0.25) is 0 Å². The number of carbonyl (C=O) groups is 4. The largest absolute Gasteiger partial charge is 0.369 e. The maximum absolute atomic E-state index is 12.2. The summed E-state index contributed by atoms with van der Waals surface area (Å²) in [5, 5.41) is 15.4. The van der Waals surface area contributed by atoms with Gasteiger partial charge in [0, 0.05) is 0 Å². The minimum Gasteiger partial charge on any atom is -0.369 e. The molecule has 0 radical (unpaired) electrons. The van der Waals surface area contributed by atoms with Crippen LogP contribution in [0, 0.1) is 0 Å². The van der Waals surface area contributed by atoms with E-state index in [2.05, 4.69) is 10.6 Å². The minimum absolute atomic E-state index is 0.504. The summed E-state index contributed by atoms with van der Waals surface area (Å²) in [6.45, 7) is 6.76. The second-order valence-electron chi connectivity index (χ2n) is 6.86. The van der Waals surface area contributed by atoms with E-state index in [4.69, 9.17) is 0 Å². The number of nitrogens with one attached hydrogen (secondary N) is 2. The fourth-order valence-electron chi connectivity index (χ4n) is 2.52. The van der Waals surface area contributed by atoms with Gasteiger partial charge in [0.1, 0.15) is 11.1 Å². The standard InChI is InChI=1S/C13H20N4O5/c1-11(2)7(18)16(9(20)14-11)6-13(5,22)17-8(19)12(3,4)15-10(17)21/h22H,6H2,1-5H3,(H,14,20)(H,15,21). The molecule has 2 saturated heterocycles. The van der Waals surface area contributed by atoms with Crippen LogP contribution in [0.1, 0.15) is 34.6 Å². The first-order chi connectivity index (χ1) is 9.79. The number of hydrogen-bond acceptors (Lipinski definition) is 5. The third-order valence-electron chi connectivity index (χ3n) is 3.74. The molecular formula is C13H20N4O5. The van der Waals surface area contributed by atoms with Crippen molar-refractivity contribution >= 4 is 23.9 Å². The molecular weight excluding hydrogens is 292 g/mol. The highest BCUT2D eigenvalue weighted by Gasteiger charge is 2.54. The highest BCUT2D eigenvalue weighted by atomic mass is 16.3. The molecule has 122 valence electrons. The molecule has 1 unspecified atom stereocenters. The number of carbonyl (C=O) groups excluding carboxylic acids is 4. The highest BCUT2D eigenvalue weighted by molar-refractivity contribution is 6.08. The molecule has 2 aliphatic heterocycles. The van der Waals surface area contributed by atoms with E-state index in [9.17, 15) is 24.3 Å². The van der Waals surface area contributed by atoms with Crippen LogP contribution >= 0.6 is 0 Å². The summed E-state index contributed by atoms with van der Waals surface area (Å²) in [6, 6.07) is -1.45. The van der Waals surface area contributed by atoms with Gasteiger partial charge in [-0.05, 0) is 34.6 Å². The first-order valence-electron chi connectivity index (χ1n) is 6.83. The van der Waals surface area contributed by atoms with Crippen molar-refractivity contribution in [3.63, 3.8) is 0 Å². The lowest BCUT2D eigenvalue weighted by atomic mass is 10.0. The third-order valence-corrected chi connectivity index (χ3v) is 3.74. The first kappa shape index (κ1) is 16.2. The van der Waals surface area contributed by atoms with Crippen LogP contribution in [0.5, 0.6) is 0 Å². The topological polar surface area (TPSA) is 119 Å². The molecule has 2 rings (SSSR count). The minimum atomic E-state index is -2.01. The Kier molecular flexibility index (Phi) is 3.26. The quantitative estimate of drug-likeness (QED) is 0.599. The van der Waals surface area contributed by atoms with Crippen molar-refractivity contribution < 1.29 is 24.3 Å². The van der Waals surface area contributed by atoms with Crippen LogP contribution < -0.4 is 10.6 Å². The summed E-state index contributed by atoms with van der Waals surface area (Å²) in [6.07, 6.45) is 0. The van der Waals surface area contributed by atoms with Crippen LogP contribution in [0.25, 0.3) is 0 Å². The van der Waals surface area contributed by atoms with Gasteiger partial charge in [0.05, 0.1) is 6.54 Å². The zero-order valence-electron chi connectivity index (χ0n) is 13.2. The van der Waals surface area contributed by atoms with E-state index in [-0.39, 0.29) is 0 Å². The molecule has 22 heavy (non-hydrogen) atoms. The number of urea groups is 2. The summed E-state index contributed by atoms with van der Waals surface area (Å²) < 4.78 is 0. The second kappa shape index (κ2) is 4.42. The molecule has 0 aliphatic carbocycles. The molecule has 0 saturated carbocycles. The molecule has 6 amide bonds. The SMILES string of the molecule is CC1(C)NC(=O)N(CC(C)(O)N2C(=O)NC(C)(C)C2=O)C1=O. The Morgan fingerprint density at radius 2 is 1.41 bits per heavy atom. The molecule has 1 atom stereocenters. The Balaban J connectivity index is 2.26. The molecule has 2 aliphatic rings. The predicted octanol–water partition coefficient (Wildman–Crippen LogP) is -0.644. The summed E-state index contributed by atoms with van der Waals surface area (Å²) in [5.74, 6) is -1.17. The molecule has 2 heterocycles. The lowest BCUT2D eigenvalue weighted by molar-refractivity contribution is -0.152. The normalized spacial score (nSPS) is 26.1. The van der Waals surface area contributed by atoms with E-state index < -0.39 is 47.2 Å². The van der Waals surface area contributed by atoms with Crippen molar-refractivity contribution in [2.45, 2.75) is 51.4 Å². The van der Waals surface area contributed by atoms with Gasteiger partial charge in [-0.1, -0.05) is 0 Å². The summed E-state index contributed by atoms with van der Waals surface area (Å²) in [5.41, 5.74) is -4.26. The smallest absolute Gasteiger partial charge is 0.327 e. The molecule has 0 aromatic rings. The van der Waals surface area contributed by atoms with Gasteiger partial charge in [-0.25, -0.2) is 14.5 Å². The lowest BCUT2D eigenvalue weighted by Crippen LogP contribution is -2.58. The zero-order valence-corrected chi connectivity index (χ0v) is 13.2. The van der Waals surface area contributed by atoms with E-state index in [0.717, 1.165) is 4.90 Å². The number of rotatable bonds is 3. The molecule has 9 nitrogen and oxygen atoms in total. The maximum atomic E-state index is 12.2. The highest BCUT2D eigenvalue weighted by Crippen LogP contribution is 2.27. The van der Waals surface area contributed by atoms with Crippen LogP contribution in [0.2, 0.25) is 0 Å². The zero-order chi connectivity index (χ0) is 17.1. The third kappa shape index (κ3) is 2.31. The summed E-state index contributed by atoms with van der Waals surface area (Å²) in [7, 11) is 0. The van der Waals surface area contributed by atoms with Crippen molar-refractivity contribution in [3.05, 3.63) is 0 Å². The van der Waals surface area contributed by atoms with Crippen molar-refractivity contribution in [2.75, 3.05) is 6.54 Å². The van der Waals surface area contributed by atoms with E-state index >= 15 is 0 Å². The van der Waals surface area contributed by atoms with E-state index in [1.807, 2.05) is 0 Å². The van der Waals surface area contributed by atoms with Gasteiger partial charge >= 0.3 is 12.1 Å². The van der Waals surface area contributed by atoms with Crippen molar-refractivity contribution in [2.24, 2.45) is 0 Å². The molecule has 0 aromatic carbocycles. The van der Waals surface area contributed by atoms with Gasteiger partial charge in [0.25, 0.3) is 11.8 Å². The lowest BCUT2D eigenvalue weighted by Gasteiger charge is -2.34. The molecule has 9 heteroatoms. The Bertz CT molecular complexity index is 581. The summed E-state index contributed by atoms with van der Waals surface area (Å²) in [4.78, 5) is 49.6. The molecule has 0 aromatic heterocycles. The van der Waals surface area contributed by atoms with Crippen molar-refractivity contribution in [1.82, 2.24) is 20.4 Å². The van der Waals surface area contributed by atoms with Crippen LogP contribution in [0.15, 0.2) is 0 Å². The monoisotopic (exact) mass is 312 g/mol. The number of aliphatic hydroxyl groups is 1. The van der Waals surface area contributed by atoms with Gasteiger partial charge in [-0.15, -0.1) is 0 Å². The maximum Gasteiger partial charge on any atom is 0.327 e. The van der Waals surface area contributed by atoms with Crippen LogP contribution in [-0.4, -0.2) is 62.1 Å². The van der Waals surface area contributed by atoms with Crippen LogP contribution in [0.3, 0.4) is 0 Å². The van der Waals surface area contributed by atoms with Crippen LogP contribution in [0.4, 0.5) is 9.59 Å². The Morgan fingerprint density at radius 1 is 0.955 bits per heavy atom. The first-order valence-corrected chi connectivity index (χ1v) is 6.83. The number of hydrogen-bond donors (Lipinski definition) is 3. The van der Waals surface area contributed by atoms with Crippen molar-refractivity contribution in [3.8, 4) is 0 Å². The van der Waals surface area contributed by atoms with Gasteiger partial charge in [0.15, 0.2) is 5.72 Å². The average Bonchev–Trinajstić information content (AvgIpc) is 2.63. The number of nitrogens with zero attached hydrogens (tertiary/aromatic N) is 2. The second-order valence-corrected chi connectivity index (χ2v) is 6.86. The fourth-order valence-corrected chi connectivity index (χ4v) is 2.52.